The molecule has 5 nitrogen and oxygen atoms in total. The van der Waals surface area contributed by atoms with Crippen LogP contribution in [0.1, 0.15) is 31.0 Å². The Labute approximate surface area is 153 Å². The third-order valence-corrected chi connectivity index (χ3v) is 5.32. The van der Waals surface area contributed by atoms with Crippen molar-refractivity contribution in [1.29, 1.82) is 0 Å². The van der Waals surface area contributed by atoms with Crippen molar-refractivity contribution in [2.75, 3.05) is 25.0 Å². The van der Waals surface area contributed by atoms with Crippen LogP contribution in [-0.2, 0) is 11.3 Å². The Hall–Kier alpha value is -1.92. The van der Waals surface area contributed by atoms with E-state index in [0.717, 1.165) is 42.6 Å². The van der Waals surface area contributed by atoms with Crippen molar-refractivity contribution in [3.05, 3.63) is 40.9 Å². The van der Waals surface area contributed by atoms with Crippen LogP contribution < -0.4 is 10.1 Å². The van der Waals surface area contributed by atoms with Gasteiger partial charge in [0.25, 0.3) is 5.91 Å². The fourth-order valence-corrected chi connectivity index (χ4v) is 3.62. The maximum Gasteiger partial charge on any atom is 0.264 e. The van der Waals surface area contributed by atoms with Crippen molar-refractivity contribution < 1.29 is 9.53 Å². The summed E-state index contributed by atoms with van der Waals surface area (Å²) < 4.78 is 5.57. The molecule has 2 heterocycles. The Morgan fingerprint density at radius 3 is 2.88 bits per heavy atom. The number of likely N-dealkylation sites (tertiary alicyclic amines) is 1. The van der Waals surface area contributed by atoms with Crippen LogP contribution in [0.25, 0.3) is 0 Å². The summed E-state index contributed by atoms with van der Waals surface area (Å²) >= 11 is 1.47. The van der Waals surface area contributed by atoms with Crippen LogP contribution in [0.2, 0.25) is 0 Å². The number of anilines is 1. The number of carbonyl (C=O) groups excluding carboxylic acids is 1. The lowest BCUT2D eigenvalue weighted by molar-refractivity contribution is -0.118. The number of rotatable bonds is 6. The van der Waals surface area contributed by atoms with Gasteiger partial charge in [0.2, 0.25) is 0 Å². The van der Waals surface area contributed by atoms with E-state index < -0.39 is 0 Å². The van der Waals surface area contributed by atoms with Crippen LogP contribution >= 0.6 is 11.3 Å². The smallest absolute Gasteiger partial charge is 0.264 e. The average Bonchev–Trinajstić information content (AvgIpc) is 3.03. The fourth-order valence-electron chi connectivity index (χ4n) is 2.90. The van der Waals surface area contributed by atoms with Crippen molar-refractivity contribution >= 4 is 22.4 Å². The van der Waals surface area contributed by atoms with Crippen LogP contribution in [0.3, 0.4) is 0 Å². The summed E-state index contributed by atoms with van der Waals surface area (Å²) in [5.41, 5.74) is 2.04. The van der Waals surface area contributed by atoms with Crippen LogP contribution in [0.4, 0.5) is 5.13 Å². The number of ether oxygens (including phenoxy) is 1. The Morgan fingerprint density at radius 1 is 1.36 bits per heavy atom. The fraction of sp³-hybridized carbons (Fsp3) is 0.474. The Morgan fingerprint density at radius 2 is 2.12 bits per heavy atom. The van der Waals surface area contributed by atoms with Crippen molar-refractivity contribution in [2.24, 2.45) is 5.92 Å². The quantitative estimate of drug-likeness (QED) is 0.854. The number of thiazole rings is 1. The molecule has 0 spiro atoms. The summed E-state index contributed by atoms with van der Waals surface area (Å²) in [4.78, 5) is 19.0. The predicted molar refractivity (Wildman–Crippen MR) is 101 cm³/mol. The van der Waals surface area contributed by atoms with Gasteiger partial charge in [-0.15, -0.1) is 11.3 Å². The molecule has 3 rings (SSSR count). The second kappa shape index (κ2) is 8.45. The Bertz CT molecular complexity index is 708. The average molecular weight is 359 g/mol. The highest BCUT2D eigenvalue weighted by Gasteiger charge is 2.17. The van der Waals surface area contributed by atoms with Gasteiger partial charge in [-0.2, -0.15) is 0 Å². The van der Waals surface area contributed by atoms with E-state index in [4.69, 9.17) is 4.74 Å². The van der Waals surface area contributed by atoms with Gasteiger partial charge in [-0.3, -0.25) is 15.0 Å². The molecule has 1 N–H and O–H groups in total. The maximum absolute atomic E-state index is 12.1. The third kappa shape index (κ3) is 5.28. The van der Waals surface area contributed by atoms with E-state index >= 15 is 0 Å². The highest BCUT2D eigenvalue weighted by molar-refractivity contribution is 7.13. The maximum atomic E-state index is 12.1. The molecule has 0 radical (unpaired) electrons. The SMILES string of the molecule is Cc1ccccc1OCC(=O)Nc1nc(CN2CCC(C)CC2)cs1. The Kier molecular flexibility index (Phi) is 6.04. The molecule has 0 saturated carbocycles. The number of nitrogens with one attached hydrogen (secondary N) is 1. The Balaban J connectivity index is 1.46. The summed E-state index contributed by atoms with van der Waals surface area (Å²) in [6, 6.07) is 7.67. The first kappa shape index (κ1) is 17.9. The molecule has 134 valence electrons. The van der Waals surface area contributed by atoms with E-state index in [1.165, 1.54) is 24.2 Å². The number of carbonyl (C=O) groups is 1. The number of amides is 1. The van der Waals surface area contributed by atoms with E-state index in [1.807, 2.05) is 36.6 Å². The number of aryl methyl sites for hydroxylation is 1. The summed E-state index contributed by atoms with van der Waals surface area (Å²) in [7, 11) is 0. The van der Waals surface area contributed by atoms with Gasteiger partial charge in [0, 0.05) is 11.9 Å². The zero-order chi connectivity index (χ0) is 17.6. The van der Waals surface area contributed by atoms with E-state index in [-0.39, 0.29) is 12.5 Å². The molecule has 1 aromatic carbocycles. The number of piperidine rings is 1. The zero-order valence-corrected chi connectivity index (χ0v) is 15.6. The number of aromatic nitrogens is 1. The summed E-state index contributed by atoms with van der Waals surface area (Å²) in [6.07, 6.45) is 2.51. The molecule has 1 fully saturated rings. The van der Waals surface area contributed by atoms with Crippen LogP contribution in [0, 0.1) is 12.8 Å². The molecule has 0 aliphatic carbocycles. The molecular formula is C19H25N3O2S. The van der Waals surface area contributed by atoms with Gasteiger partial charge < -0.3 is 4.74 Å². The predicted octanol–water partition coefficient (Wildman–Crippen LogP) is 3.70. The van der Waals surface area contributed by atoms with Gasteiger partial charge in [-0.1, -0.05) is 25.1 Å². The van der Waals surface area contributed by atoms with Gasteiger partial charge in [0.1, 0.15) is 5.75 Å². The summed E-state index contributed by atoms with van der Waals surface area (Å²) in [5.74, 6) is 1.38. The number of benzene rings is 1. The third-order valence-electron chi connectivity index (χ3n) is 4.51. The molecule has 1 amide bonds. The normalized spacial score (nSPS) is 15.9. The molecule has 0 unspecified atom stereocenters. The highest BCUT2D eigenvalue weighted by Crippen LogP contribution is 2.21. The molecule has 0 atom stereocenters. The topological polar surface area (TPSA) is 54.5 Å². The first-order valence-electron chi connectivity index (χ1n) is 8.75. The zero-order valence-electron chi connectivity index (χ0n) is 14.8. The summed E-state index contributed by atoms with van der Waals surface area (Å²) in [6.45, 7) is 7.38. The van der Waals surface area contributed by atoms with Crippen molar-refractivity contribution in [3.8, 4) is 5.75 Å². The molecular weight excluding hydrogens is 334 g/mol. The molecule has 25 heavy (non-hydrogen) atoms. The lowest BCUT2D eigenvalue weighted by Gasteiger charge is -2.29. The van der Waals surface area contributed by atoms with Crippen LogP contribution in [0.15, 0.2) is 29.6 Å². The minimum absolute atomic E-state index is 0.0101. The van der Waals surface area contributed by atoms with E-state index in [2.05, 4.69) is 22.1 Å². The van der Waals surface area contributed by atoms with Gasteiger partial charge in [0.05, 0.1) is 5.69 Å². The second-order valence-corrected chi connectivity index (χ2v) is 7.56. The van der Waals surface area contributed by atoms with Crippen LogP contribution in [0.5, 0.6) is 5.75 Å². The number of hydrogen-bond acceptors (Lipinski definition) is 5. The van der Waals surface area contributed by atoms with Gasteiger partial charge in [-0.05, 0) is 50.4 Å². The van der Waals surface area contributed by atoms with Crippen molar-refractivity contribution in [1.82, 2.24) is 9.88 Å². The number of para-hydroxylation sites is 1. The minimum atomic E-state index is -0.184. The van der Waals surface area contributed by atoms with E-state index in [9.17, 15) is 4.79 Å². The molecule has 1 aromatic heterocycles. The molecule has 1 saturated heterocycles. The lowest BCUT2D eigenvalue weighted by Crippen LogP contribution is -2.32. The van der Waals surface area contributed by atoms with Gasteiger partial charge >= 0.3 is 0 Å². The first-order chi connectivity index (χ1) is 12.1. The minimum Gasteiger partial charge on any atom is -0.483 e. The summed E-state index contributed by atoms with van der Waals surface area (Å²) in [5, 5.41) is 5.48. The van der Waals surface area contributed by atoms with E-state index in [0.29, 0.717) is 5.13 Å². The van der Waals surface area contributed by atoms with E-state index in [1.54, 1.807) is 0 Å². The number of hydrogen-bond donors (Lipinski definition) is 1. The van der Waals surface area contributed by atoms with Crippen LogP contribution in [-0.4, -0.2) is 35.5 Å². The monoisotopic (exact) mass is 359 g/mol. The largest absolute Gasteiger partial charge is 0.483 e. The molecule has 6 heteroatoms. The second-order valence-electron chi connectivity index (χ2n) is 6.71. The molecule has 1 aliphatic heterocycles. The van der Waals surface area contributed by atoms with Gasteiger partial charge in [-0.25, -0.2) is 4.98 Å². The molecule has 2 aromatic rings. The standard InChI is InChI=1S/C19H25N3O2S/c1-14-7-9-22(10-8-14)11-16-13-25-19(20-16)21-18(23)12-24-17-6-4-3-5-15(17)2/h3-6,13-14H,7-12H2,1-2H3,(H,20,21,23). The highest BCUT2D eigenvalue weighted by atomic mass is 32.1. The van der Waals surface area contributed by atoms with Crippen molar-refractivity contribution in [3.63, 3.8) is 0 Å². The first-order valence-corrected chi connectivity index (χ1v) is 9.63. The van der Waals surface area contributed by atoms with Gasteiger partial charge in [0.15, 0.2) is 11.7 Å². The molecule has 0 bridgehead atoms. The van der Waals surface area contributed by atoms with Crippen molar-refractivity contribution in [2.45, 2.75) is 33.2 Å². The lowest BCUT2D eigenvalue weighted by atomic mass is 9.99. The molecule has 1 aliphatic rings. The number of nitrogens with zero attached hydrogens (tertiary/aromatic N) is 2.